The van der Waals surface area contributed by atoms with Gasteiger partial charge in [0.1, 0.15) is 34.0 Å². The van der Waals surface area contributed by atoms with Crippen molar-refractivity contribution in [3.63, 3.8) is 0 Å². The highest BCUT2D eigenvalue weighted by Crippen LogP contribution is 2.41. The van der Waals surface area contributed by atoms with Crippen molar-refractivity contribution in [1.82, 2.24) is 0 Å². The molecule has 174 valence electrons. The summed E-state index contributed by atoms with van der Waals surface area (Å²) in [5.41, 5.74) is 0.870. The van der Waals surface area contributed by atoms with Crippen LogP contribution in [0, 0.1) is 6.92 Å². The van der Waals surface area contributed by atoms with Crippen molar-refractivity contribution < 1.29 is 27.9 Å². The average molecular weight is 519 g/mol. The van der Waals surface area contributed by atoms with Crippen LogP contribution < -0.4 is 25.4 Å². The summed E-state index contributed by atoms with van der Waals surface area (Å²) in [6, 6.07) is 19.7. The van der Waals surface area contributed by atoms with Crippen molar-refractivity contribution in [3.8, 4) is 11.5 Å². The first-order chi connectivity index (χ1) is 14.8. The second kappa shape index (κ2) is 13.0. The Balaban J connectivity index is 0.00000121. The minimum Gasteiger partial charge on any atom is -0.744 e. The molecule has 10 heteroatoms. The van der Waals surface area contributed by atoms with Gasteiger partial charge in [0.25, 0.3) is 0 Å². The van der Waals surface area contributed by atoms with E-state index >= 15 is 0 Å². The fourth-order valence-corrected chi connectivity index (χ4v) is 7.40. The maximum absolute atomic E-state index is 12.0. The van der Waals surface area contributed by atoms with Crippen LogP contribution in [-0.4, -0.2) is 38.0 Å². The number of aryl methyl sites for hydroxylation is 1. The van der Waals surface area contributed by atoms with Gasteiger partial charge in [-0.25, -0.2) is 8.42 Å². The van der Waals surface area contributed by atoms with Crippen molar-refractivity contribution in [2.75, 3.05) is 19.6 Å². The van der Waals surface area contributed by atoms with Gasteiger partial charge in [0.05, 0.1) is 24.5 Å². The van der Waals surface area contributed by atoms with E-state index in [4.69, 9.17) is 32.7 Å². The van der Waals surface area contributed by atoms with Gasteiger partial charge in [-0.05, 0) is 48.9 Å². The molecule has 0 aliphatic rings. The van der Waals surface area contributed by atoms with Crippen LogP contribution in [-0.2, 0) is 10.1 Å². The van der Waals surface area contributed by atoms with Gasteiger partial charge in [0, 0.05) is 0 Å². The van der Waals surface area contributed by atoms with Crippen LogP contribution >= 0.6 is 31.1 Å². The number of para-hydroxylation sites is 2. The summed E-state index contributed by atoms with van der Waals surface area (Å²) in [5, 5.41) is 2.37. The van der Waals surface area contributed by atoms with Crippen LogP contribution in [0.3, 0.4) is 0 Å². The molecule has 3 aromatic carbocycles. The van der Waals surface area contributed by atoms with Gasteiger partial charge in [-0.3, -0.25) is 0 Å². The third kappa shape index (κ3) is 6.82. The van der Waals surface area contributed by atoms with Gasteiger partial charge in [-0.15, -0.1) is 23.2 Å². The van der Waals surface area contributed by atoms with E-state index in [0.29, 0.717) is 16.8 Å². The van der Waals surface area contributed by atoms with Crippen LogP contribution in [0.5, 0.6) is 11.5 Å². The fourth-order valence-electron chi connectivity index (χ4n) is 3.19. The molecule has 0 fully saturated rings. The summed E-state index contributed by atoms with van der Waals surface area (Å²) in [6.07, 6.45) is 0. The van der Waals surface area contributed by atoms with Gasteiger partial charge in [0.2, 0.25) is 0 Å². The Morgan fingerprint density at radius 2 is 1.28 bits per heavy atom. The number of alkyl halides is 2. The Morgan fingerprint density at radius 3 is 1.69 bits per heavy atom. The minimum absolute atomic E-state index is 0. The zero-order chi connectivity index (χ0) is 23.0. The number of hydrogen-bond acceptors (Lipinski definition) is 5. The monoisotopic (exact) mass is 518 g/mol. The molecule has 0 aliphatic heterocycles. The first kappa shape index (κ1) is 28.2. The summed E-state index contributed by atoms with van der Waals surface area (Å²) in [7, 11) is -3.44. The van der Waals surface area contributed by atoms with E-state index in [1.807, 2.05) is 55.5 Å². The summed E-state index contributed by atoms with van der Waals surface area (Å²) in [6.45, 7) is 1.87. The van der Waals surface area contributed by atoms with Gasteiger partial charge in [-0.2, -0.15) is 0 Å². The molecule has 0 saturated heterocycles. The second-order valence-corrected chi connectivity index (χ2v) is 10.9. The number of ether oxygens (including phenoxy) is 2. The topological polar surface area (TPSA) is 107 Å². The molecule has 32 heavy (non-hydrogen) atoms. The van der Waals surface area contributed by atoms with Gasteiger partial charge in [0.15, 0.2) is 11.5 Å². The van der Waals surface area contributed by atoms with E-state index < -0.39 is 18.0 Å². The molecule has 3 rings (SSSR count). The standard InChI is InChI=1S/C21H21O5PS.CH2Cl2.H2O/c1-15-12-13-21(28(22,23)24)20(14-15)27(18-10-6-4-8-16(18)25-2)19-11-7-5-9-17(19)26-3;2-1-3;/h4-14H,1-3H3,(H,22,23,24);1H2;1H2. The third-order valence-electron chi connectivity index (χ3n) is 4.43. The molecule has 0 atom stereocenters. The predicted molar refractivity (Wildman–Crippen MR) is 133 cm³/mol. The van der Waals surface area contributed by atoms with Gasteiger partial charge < -0.3 is 19.5 Å². The molecule has 0 aliphatic carbocycles. The van der Waals surface area contributed by atoms with Crippen molar-refractivity contribution in [3.05, 3.63) is 72.3 Å². The molecule has 0 unspecified atom stereocenters. The van der Waals surface area contributed by atoms with Crippen molar-refractivity contribution >= 4 is 57.2 Å². The second-order valence-electron chi connectivity index (χ2n) is 6.33. The number of halogens is 2. The van der Waals surface area contributed by atoms with Gasteiger partial charge >= 0.3 is 0 Å². The number of methoxy groups -OCH3 is 2. The predicted octanol–water partition coefficient (Wildman–Crippen LogP) is 3.00. The molecule has 0 radical (unpaired) electrons. The zero-order valence-electron chi connectivity index (χ0n) is 17.8. The van der Waals surface area contributed by atoms with Crippen LogP contribution in [0.15, 0.2) is 71.6 Å². The molecule has 0 saturated carbocycles. The Kier molecular flexibility index (Phi) is 11.4. The molecule has 0 spiro atoms. The molecule has 2 N–H and O–H groups in total. The number of benzene rings is 3. The highest BCUT2D eigenvalue weighted by atomic mass is 35.5. The molecule has 6 nitrogen and oxygen atoms in total. The Labute approximate surface area is 199 Å². The largest absolute Gasteiger partial charge is 0.744 e. The quantitative estimate of drug-likeness (QED) is 0.283. The van der Waals surface area contributed by atoms with Crippen molar-refractivity contribution in [1.29, 1.82) is 0 Å². The van der Waals surface area contributed by atoms with Crippen molar-refractivity contribution in [2.24, 2.45) is 0 Å². The fraction of sp³-hybridized carbons (Fsp3) is 0.182. The lowest BCUT2D eigenvalue weighted by molar-refractivity contribution is 0.417. The summed E-state index contributed by atoms with van der Waals surface area (Å²) >= 11 is 9.53. The molecule has 0 bridgehead atoms. The zero-order valence-corrected chi connectivity index (χ0v) is 21.1. The smallest absolute Gasteiger partial charge is 0.161 e. The molecule has 3 aromatic rings. The Hall–Kier alpha value is -1.86. The lowest BCUT2D eigenvalue weighted by Crippen LogP contribution is -2.27. The molecular formula is C22H25Cl2O6PS. The van der Waals surface area contributed by atoms with Crippen LogP contribution in [0.1, 0.15) is 5.56 Å². The summed E-state index contributed by atoms with van der Waals surface area (Å²) in [4.78, 5) is -0.205. The lowest BCUT2D eigenvalue weighted by atomic mass is 10.2. The first-order valence-electron chi connectivity index (χ1n) is 9.11. The average Bonchev–Trinajstić information content (AvgIpc) is 2.74. The van der Waals surface area contributed by atoms with E-state index in [9.17, 15) is 13.0 Å². The van der Waals surface area contributed by atoms with E-state index in [-0.39, 0.29) is 15.7 Å². The maximum Gasteiger partial charge on any atom is 0.161 e. The highest BCUT2D eigenvalue weighted by molar-refractivity contribution is 7.88. The lowest BCUT2D eigenvalue weighted by Gasteiger charge is -2.19. The third-order valence-corrected chi connectivity index (χ3v) is 8.36. The van der Waals surface area contributed by atoms with E-state index in [2.05, 4.69) is 0 Å². The van der Waals surface area contributed by atoms with Crippen molar-refractivity contribution in [2.45, 2.75) is 11.8 Å². The number of hydrogen-bond donors (Lipinski definition) is 0. The SMILES string of the molecule is COc1ccccc1[PH+](c1ccccc1OC)c1cc(C)ccc1S(=O)(=O)[O-].ClCCl.O. The minimum atomic E-state index is -4.66. The molecule has 0 heterocycles. The molecule has 0 aromatic heterocycles. The first-order valence-corrected chi connectivity index (χ1v) is 13.1. The summed E-state index contributed by atoms with van der Waals surface area (Å²) in [5.74, 6) is 1.27. The van der Waals surface area contributed by atoms with Crippen LogP contribution in [0.4, 0.5) is 0 Å². The molecular weight excluding hydrogens is 494 g/mol. The highest BCUT2D eigenvalue weighted by Gasteiger charge is 2.35. The Morgan fingerprint density at radius 1 is 0.844 bits per heavy atom. The van der Waals surface area contributed by atoms with E-state index in [1.165, 1.54) is 6.07 Å². The van der Waals surface area contributed by atoms with Crippen LogP contribution in [0.25, 0.3) is 0 Å². The summed E-state index contributed by atoms with van der Waals surface area (Å²) < 4.78 is 47.2. The van der Waals surface area contributed by atoms with Gasteiger partial charge in [-0.1, -0.05) is 30.3 Å². The normalized spacial score (nSPS) is 10.6. The van der Waals surface area contributed by atoms with E-state index in [1.54, 1.807) is 26.4 Å². The van der Waals surface area contributed by atoms with E-state index in [0.717, 1.165) is 16.2 Å². The number of rotatable bonds is 6. The molecule has 0 amide bonds. The Bertz CT molecular complexity index is 1080. The van der Waals surface area contributed by atoms with Crippen LogP contribution in [0.2, 0.25) is 0 Å². The maximum atomic E-state index is 12.0.